The number of aryl methyl sites for hydroxylation is 2. The van der Waals surface area contributed by atoms with Crippen LogP contribution in [-0.4, -0.2) is 28.7 Å². The van der Waals surface area contributed by atoms with Crippen molar-refractivity contribution in [2.24, 2.45) is 0 Å². The summed E-state index contributed by atoms with van der Waals surface area (Å²) in [6.45, 7) is 10.6. The topological polar surface area (TPSA) is 108 Å². The van der Waals surface area contributed by atoms with Crippen LogP contribution in [0.2, 0.25) is 0 Å². The molecule has 34 heavy (non-hydrogen) atoms. The fourth-order valence-corrected chi connectivity index (χ4v) is 3.88. The van der Waals surface area contributed by atoms with Gasteiger partial charge in [0.15, 0.2) is 0 Å². The van der Waals surface area contributed by atoms with Gasteiger partial charge in [-0.15, -0.1) is 11.3 Å². The van der Waals surface area contributed by atoms with E-state index in [1.54, 1.807) is 32.9 Å². The molecule has 1 aromatic carbocycles. The number of aromatic nitrogens is 1. The average molecular weight is 487 g/mol. The molecule has 0 bridgehead atoms. The number of carbonyl (C=O) groups is 2. The van der Waals surface area contributed by atoms with Crippen LogP contribution in [0.1, 0.15) is 58.0 Å². The molecule has 182 valence electrons. The van der Waals surface area contributed by atoms with Gasteiger partial charge >= 0.3 is 12.1 Å². The first-order valence-electron chi connectivity index (χ1n) is 11.2. The zero-order chi connectivity index (χ0) is 25.0. The lowest BCUT2D eigenvalue weighted by Crippen LogP contribution is -2.43. The van der Waals surface area contributed by atoms with E-state index in [1.807, 2.05) is 12.3 Å². The Bertz CT molecular complexity index is 1250. The Morgan fingerprint density at radius 1 is 1.26 bits per heavy atom. The molecule has 0 aliphatic carbocycles. The number of hydrogen-bond acceptors (Lipinski definition) is 8. The summed E-state index contributed by atoms with van der Waals surface area (Å²) in [4.78, 5) is 42.3. The van der Waals surface area contributed by atoms with E-state index in [-0.39, 0.29) is 5.43 Å². The number of unbranched alkanes of at least 4 members (excludes halogenated alkanes) is 1. The second-order valence-electron chi connectivity index (χ2n) is 9.08. The zero-order valence-corrected chi connectivity index (χ0v) is 21.1. The monoisotopic (exact) mass is 486 g/mol. The molecule has 3 aromatic rings. The van der Waals surface area contributed by atoms with Crippen molar-refractivity contribution in [1.82, 2.24) is 10.3 Å². The quantitative estimate of drug-likeness (QED) is 0.352. The number of ether oxygens (including phenoxy) is 2. The summed E-state index contributed by atoms with van der Waals surface area (Å²) < 4.78 is 16.5. The van der Waals surface area contributed by atoms with E-state index in [0.29, 0.717) is 40.0 Å². The Morgan fingerprint density at radius 3 is 2.62 bits per heavy atom. The second kappa shape index (κ2) is 10.4. The minimum atomic E-state index is -0.938. The van der Waals surface area contributed by atoms with Gasteiger partial charge in [-0.3, -0.25) is 4.79 Å². The highest BCUT2D eigenvalue weighted by atomic mass is 32.1. The van der Waals surface area contributed by atoms with Crippen molar-refractivity contribution in [3.63, 3.8) is 0 Å². The first-order valence-corrected chi connectivity index (χ1v) is 12.1. The van der Waals surface area contributed by atoms with Crippen LogP contribution >= 0.6 is 11.3 Å². The molecule has 9 heteroatoms. The molecular formula is C25H30N2O6S. The van der Waals surface area contributed by atoms with Gasteiger partial charge in [0, 0.05) is 11.4 Å². The van der Waals surface area contributed by atoms with Crippen molar-refractivity contribution in [2.45, 2.75) is 72.4 Å². The molecule has 1 atom stereocenters. The van der Waals surface area contributed by atoms with E-state index >= 15 is 0 Å². The maximum Gasteiger partial charge on any atom is 0.408 e. The number of hydrogen-bond donors (Lipinski definition) is 1. The van der Waals surface area contributed by atoms with Gasteiger partial charge in [0.2, 0.25) is 5.43 Å². The number of fused-ring (bicyclic) bond motifs is 1. The van der Waals surface area contributed by atoms with Crippen LogP contribution in [0.15, 0.2) is 33.0 Å². The van der Waals surface area contributed by atoms with Crippen LogP contribution in [0.3, 0.4) is 0 Å². The van der Waals surface area contributed by atoms with E-state index < -0.39 is 23.7 Å². The molecule has 2 heterocycles. The summed E-state index contributed by atoms with van der Waals surface area (Å²) >= 11 is 1.46. The Labute approximate surface area is 202 Å². The largest absolute Gasteiger partial charge is 0.463 e. The second-order valence-corrected chi connectivity index (χ2v) is 10.1. The Kier molecular flexibility index (Phi) is 7.76. The number of nitrogens with one attached hydrogen (secondary N) is 1. The minimum absolute atomic E-state index is 0.192. The van der Waals surface area contributed by atoms with Gasteiger partial charge in [0.1, 0.15) is 29.2 Å². The SMILES string of the molecule is CCCCc1cc2c(=O)c(-c3csc(C)n3)coc2cc1OC(=O)[C@@H](C)NC(=O)OC(C)(C)C. The molecule has 2 aromatic heterocycles. The van der Waals surface area contributed by atoms with Crippen LogP contribution in [0, 0.1) is 6.92 Å². The van der Waals surface area contributed by atoms with Crippen molar-refractivity contribution in [1.29, 1.82) is 0 Å². The standard InChI is InChI=1S/C25H30N2O6S/c1-7-8-9-16-10-17-21(31-12-18(22(17)28)19-13-34-15(3)27-19)11-20(16)32-23(29)14(2)26-24(30)33-25(4,5)6/h10-14H,7-9H2,1-6H3,(H,26,30)/t14-/m1/s1. The third-order valence-corrected chi connectivity index (χ3v) is 5.72. The van der Waals surface area contributed by atoms with Crippen LogP contribution in [-0.2, 0) is 16.0 Å². The first-order chi connectivity index (χ1) is 16.0. The molecule has 1 amide bonds. The lowest BCUT2D eigenvalue weighted by molar-refractivity contribution is -0.136. The third kappa shape index (κ3) is 6.22. The predicted octanol–water partition coefficient (Wildman–Crippen LogP) is 5.39. The maximum atomic E-state index is 13.2. The Balaban J connectivity index is 1.91. The molecule has 1 N–H and O–H groups in total. The number of benzene rings is 1. The number of amides is 1. The van der Waals surface area contributed by atoms with Gasteiger partial charge in [-0.25, -0.2) is 14.6 Å². The number of rotatable bonds is 7. The van der Waals surface area contributed by atoms with Crippen LogP contribution in [0.4, 0.5) is 4.79 Å². The van der Waals surface area contributed by atoms with Gasteiger partial charge < -0.3 is 19.2 Å². The van der Waals surface area contributed by atoms with E-state index in [2.05, 4.69) is 17.2 Å². The Hall–Kier alpha value is -3.20. The summed E-state index contributed by atoms with van der Waals surface area (Å²) in [5, 5.41) is 5.55. The van der Waals surface area contributed by atoms with E-state index in [1.165, 1.54) is 24.5 Å². The fraction of sp³-hybridized carbons (Fsp3) is 0.440. The van der Waals surface area contributed by atoms with E-state index in [0.717, 1.165) is 17.8 Å². The van der Waals surface area contributed by atoms with Crippen LogP contribution < -0.4 is 15.5 Å². The fourth-order valence-electron chi connectivity index (χ4n) is 3.26. The molecule has 0 saturated heterocycles. The number of alkyl carbamates (subject to hydrolysis) is 1. The molecule has 3 rings (SSSR count). The van der Waals surface area contributed by atoms with Crippen LogP contribution in [0.5, 0.6) is 5.75 Å². The lowest BCUT2D eigenvalue weighted by atomic mass is 10.0. The normalized spacial score (nSPS) is 12.4. The smallest absolute Gasteiger partial charge is 0.408 e. The predicted molar refractivity (Wildman–Crippen MR) is 131 cm³/mol. The number of thiazole rings is 1. The van der Waals surface area contributed by atoms with Crippen molar-refractivity contribution in [3.8, 4) is 17.0 Å². The molecule has 0 radical (unpaired) electrons. The highest BCUT2D eigenvalue weighted by Crippen LogP contribution is 2.29. The molecule has 0 saturated carbocycles. The van der Waals surface area contributed by atoms with Crippen molar-refractivity contribution >= 4 is 34.4 Å². The molecule has 8 nitrogen and oxygen atoms in total. The minimum Gasteiger partial charge on any atom is -0.463 e. The van der Waals surface area contributed by atoms with Crippen LogP contribution in [0.25, 0.3) is 22.2 Å². The summed E-state index contributed by atoms with van der Waals surface area (Å²) in [7, 11) is 0. The van der Waals surface area contributed by atoms with Gasteiger partial charge in [0.05, 0.1) is 21.7 Å². The summed E-state index contributed by atoms with van der Waals surface area (Å²) in [6, 6.07) is 2.33. The lowest BCUT2D eigenvalue weighted by Gasteiger charge is -2.21. The van der Waals surface area contributed by atoms with Gasteiger partial charge in [-0.2, -0.15) is 0 Å². The van der Waals surface area contributed by atoms with Crippen molar-refractivity contribution in [3.05, 3.63) is 44.6 Å². The zero-order valence-electron chi connectivity index (χ0n) is 20.3. The number of carbonyl (C=O) groups excluding carboxylic acids is 2. The maximum absolute atomic E-state index is 13.2. The summed E-state index contributed by atoms with van der Waals surface area (Å²) in [6.07, 6.45) is 3.05. The molecular weight excluding hydrogens is 456 g/mol. The van der Waals surface area contributed by atoms with Gasteiger partial charge in [-0.05, 0) is 59.1 Å². The van der Waals surface area contributed by atoms with Crippen molar-refractivity contribution < 1.29 is 23.5 Å². The van der Waals surface area contributed by atoms with Gasteiger partial charge in [0.25, 0.3) is 0 Å². The van der Waals surface area contributed by atoms with Crippen molar-refractivity contribution in [2.75, 3.05) is 0 Å². The first kappa shape index (κ1) is 25.4. The average Bonchev–Trinajstić information content (AvgIpc) is 3.17. The molecule has 0 spiro atoms. The Morgan fingerprint density at radius 2 is 2.00 bits per heavy atom. The highest BCUT2D eigenvalue weighted by Gasteiger charge is 2.24. The number of nitrogens with zero attached hydrogens (tertiary/aromatic N) is 1. The van der Waals surface area contributed by atoms with E-state index in [9.17, 15) is 14.4 Å². The third-order valence-electron chi connectivity index (χ3n) is 4.95. The number of esters is 1. The summed E-state index contributed by atoms with van der Waals surface area (Å²) in [5.41, 5.74) is 1.10. The molecule has 0 aliphatic rings. The molecule has 0 unspecified atom stereocenters. The molecule has 0 fully saturated rings. The summed E-state index contributed by atoms with van der Waals surface area (Å²) in [5.74, 6) is -0.357. The highest BCUT2D eigenvalue weighted by molar-refractivity contribution is 7.09. The molecule has 0 aliphatic heterocycles. The van der Waals surface area contributed by atoms with E-state index in [4.69, 9.17) is 13.9 Å². The van der Waals surface area contributed by atoms with Gasteiger partial charge in [-0.1, -0.05) is 13.3 Å².